The van der Waals surface area contributed by atoms with Gasteiger partial charge in [-0.1, -0.05) is 30.1 Å². The van der Waals surface area contributed by atoms with Crippen LogP contribution in [0, 0.1) is 0 Å². The lowest BCUT2D eigenvalue weighted by Crippen LogP contribution is -2.20. The van der Waals surface area contributed by atoms with Gasteiger partial charge in [-0.25, -0.2) is 0 Å². The molecule has 4 nitrogen and oxygen atoms in total. The Morgan fingerprint density at radius 3 is 2.75 bits per heavy atom. The summed E-state index contributed by atoms with van der Waals surface area (Å²) in [6.07, 6.45) is 0.128. The van der Waals surface area contributed by atoms with Gasteiger partial charge in [-0.2, -0.15) is 0 Å². The number of hydrogen-bond acceptors (Lipinski definition) is 4. The number of hydrogen-bond donors (Lipinski definition) is 2. The van der Waals surface area contributed by atoms with E-state index >= 15 is 0 Å². The van der Waals surface area contributed by atoms with Gasteiger partial charge in [0.2, 0.25) is 0 Å². The molecule has 2 N–H and O–H groups in total. The monoisotopic (exact) mass is 321 g/mol. The molecule has 0 bridgehead atoms. The van der Waals surface area contributed by atoms with Gasteiger partial charge in [-0.05, 0) is 18.6 Å². The van der Waals surface area contributed by atoms with Gasteiger partial charge in [0.05, 0.1) is 17.7 Å². The average Bonchev–Trinajstić information content (AvgIpc) is 2.42. The summed E-state index contributed by atoms with van der Waals surface area (Å²) >= 11 is 12.2. The van der Waals surface area contributed by atoms with Crippen LogP contribution in [-0.2, 0) is 11.3 Å². The van der Waals surface area contributed by atoms with Crippen molar-refractivity contribution in [2.45, 2.75) is 26.0 Å². The molecule has 0 aromatic heterocycles. The van der Waals surface area contributed by atoms with Gasteiger partial charge >= 0.3 is 0 Å². The van der Waals surface area contributed by atoms with Crippen molar-refractivity contribution in [1.82, 2.24) is 5.32 Å². The molecule has 0 aliphatic heterocycles. The molecule has 0 fully saturated rings. The third-order valence-electron chi connectivity index (χ3n) is 2.78. The minimum Gasteiger partial charge on any atom is -0.489 e. The summed E-state index contributed by atoms with van der Waals surface area (Å²) in [6.45, 7) is 4.02. The highest BCUT2D eigenvalue weighted by atomic mass is 35.5. The highest BCUT2D eigenvalue weighted by Gasteiger charge is 2.12. The quantitative estimate of drug-likeness (QED) is 0.687. The van der Waals surface area contributed by atoms with Crippen LogP contribution in [0.2, 0.25) is 10.0 Å². The summed E-state index contributed by atoms with van der Waals surface area (Å²) in [5.41, 5.74) is 0.863. The van der Waals surface area contributed by atoms with E-state index in [0.29, 0.717) is 35.4 Å². The number of nitrogens with one attached hydrogen (secondary N) is 1. The van der Waals surface area contributed by atoms with Crippen LogP contribution in [0.5, 0.6) is 5.75 Å². The second kappa shape index (κ2) is 9.42. The second-order valence-corrected chi connectivity index (χ2v) is 5.26. The Balaban J connectivity index is 2.73. The third-order valence-corrected chi connectivity index (χ3v) is 3.27. The van der Waals surface area contributed by atoms with E-state index in [4.69, 9.17) is 32.7 Å². The highest BCUT2D eigenvalue weighted by Crippen LogP contribution is 2.32. The highest BCUT2D eigenvalue weighted by molar-refractivity contribution is 6.35. The minimum absolute atomic E-state index is 0.211. The van der Waals surface area contributed by atoms with E-state index < -0.39 is 6.10 Å². The normalized spacial score (nSPS) is 12.4. The molecule has 0 aliphatic rings. The van der Waals surface area contributed by atoms with E-state index in [2.05, 4.69) is 5.32 Å². The van der Waals surface area contributed by atoms with Crippen LogP contribution in [0.4, 0.5) is 0 Å². The van der Waals surface area contributed by atoms with Crippen LogP contribution in [0.3, 0.4) is 0 Å². The Morgan fingerprint density at radius 2 is 2.10 bits per heavy atom. The first-order chi connectivity index (χ1) is 9.58. The molecule has 0 amide bonds. The summed E-state index contributed by atoms with van der Waals surface area (Å²) < 4.78 is 10.6. The molecular weight excluding hydrogens is 301 g/mol. The molecule has 6 heteroatoms. The number of benzene rings is 1. The average molecular weight is 322 g/mol. The molecule has 0 heterocycles. The number of aliphatic hydroxyl groups excluding tert-OH is 1. The van der Waals surface area contributed by atoms with E-state index in [1.807, 2.05) is 6.92 Å². The number of aliphatic hydroxyl groups is 1. The number of methoxy groups -OCH3 is 1. The molecule has 20 heavy (non-hydrogen) atoms. The fourth-order valence-electron chi connectivity index (χ4n) is 1.60. The van der Waals surface area contributed by atoms with Gasteiger partial charge < -0.3 is 19.9 Å². The maximum Gasteiger partial charge on any atom is 0.142 e. The summed E-state index contributed by atoms with van der Waals surface area (Å²) in [7, 11) is 1.65. The topological polar surface area (TPSA) is 50.7 Å². The molecule has 1 rings (SSSR count). The summed E-state index contributed by atoms with van der Waals surface area (Å²) in [6, 6.07) is 3.44. The van der Waals surface area contributed by atoms with Gasteiger partial charge in [0.15, 0.2) is 0 Å². The molecule has 114 valence electrons. The fraction of sp³-hybridized carbons (Fsp3) is 0.571. The fourth-order valence-corrected chi connectivity index (χ4v) is 2.19. The maximum atomic E-state index is 9.58. The van der Waals surface area contributed by atoms with Gasteiger partial charge in [-0.15, -0.1) is 0 Å². The Labute approximate surface area is 130 Å². The van der Waals surface area contributed by atoms with Crippen molar-refractivity contribution in [1.29, 1.82) is 0 Å². The molecule has 1 aromatic carbocycles. The molecule has 0 saturated carbocycles. The Kier molecular flexibility index (Phi) is 8.26. The van der Waals surface area contributed by atoms with Gasteiger partial charge in [0.25, 0.3) is 0 Å². The lowest BCUT2D eigenvalue weighted by atomic mass is 10.2. The molecule has 0 radical (unpaired) electrons. The van der Waals surface area contributed by atoms with Crippen molar-refractivity contribution >= 4 is 23.2 Å². The zero-order valence-electron chi connectivity index (χ0n) is 11.8. The summed E-state index contributed by atoms with van der Waals surface area (Å²) in [5.74, 6) is 0.563. The number of halogens is 2. The zero-order valence-corrected chi connectivity index (χ0v) is 13.3. The maximum absolute atomic E-state index is 9.58. The molecule has 0 spiro atoms. The van der Waals surface area contributed by atoms with E-state index in [1.54, 1.807) is 19.2 Å². The second-order valence-electron chi connectivity index (χ2n) is 4.42. The van der Waals surface area contributed by atoms with Crippen LogP contribution < -0.4 is 10.1 Å². The van der Waals surface area contributed by atoms with Gasteiger partial charge in [-0.3, -0.25) is 0 Å². The van der Waals surface area contributed by atoms with Crippen LogP contribution in [0.1, 0.15) is 18.9 Å². The first-order valence-corrected chi connectivity index (χ1v) is 7.32. The van der Waals surface area contributed by atoms with E-state index in [0.717, 1.165) is 12.1 Å². The molecule has 1 atom stereocenters. The zero-order chi connectivity index (χ0) is 15.0. The van der Waals surface area contributed by atoms with Crippen LogP contribution in [-0.4, -0.2) is 38.1 Å². The van der Waals surface area contributed by atoms with Crippen molar-refractivity contribution in [2.24, 2.45) is 0 Å². The van der Waals surface area contributed by atoms with E-state index in [9.17, 15) is 5.11 Å². The predicted octanol–water partition coefficient (Wildman–Crippen LogP) is 2.88. The molecule has 1 unspecified atom stereocenters. The first-order valence-electron chi connectivity index (χ1n) is 6.56. The Bertz CT molecular complexity index is 416. The molecular formula is C14H21Cl2NO3. The standard InChI is InChI=1S/C14H21Cl2NO3/c1-3-12(18)9-20-14-10(8-17-4-5-19-2)6-11(15)7-13(14)16/h6-7,12,17-18H,3-5,8-9H2,1-2H3. The lowest BCUT2D eigenvalue weighted by molar-refractivity contribution is 0.104. The van der Waals surface area contributed by atoms with Crippen LogP contribution in [0.25, 0.3) is 0 Å². The van der Waals surface area contributed by atoms with Crippen molar-refractivity contribution in [3.05, 3.63) is 27.7 Å². The lowest BCUT2D eigenvalue weighted by Gasteiger charge is -2.16. The Morgan fingerprint density at radius 1 is 1.35 bits per heavy atom. The summed E-state index contributed by atoms with van der Waals surface area (Å²) in [5, 5.41) is 13.8. The number of rotatable bonds is 9. The number of ether oxygens (including phenoxy) is 2. The van der Waals surface area contributed by atoms with Gasteiger partial charge in [0, 0.05) is 30.8 Å². The molecule has 0 aliphatic carbocycles. The minimum atomic E-state index is -0.504. The van der Waals surface area contributed by atoms with Crippen LogP contribution >= 0.6 is 23.2 Å². The smallest absolute Gasteiger partial charge is 0.142 e. The first kappa shape index (κ1) is 17.5. The van der Waals surface area contributed by atoms with Crippen LogP contribution in [0.15, 0.2) is 12.1 Å². The van der Waals surface area contributed by atoms with E-state index in [-0.39, 0.29) is 6.61 Å². The predicted molar refractivity (Wildman–Crippen MR) is 81.8 cm³/mol. The van der Waals surface area contributed by atoms with Crippen molar-refractivity contribution < 1.29 is 14.6 Å². The Hall–Kier alpha value is -0.520. The SMILES string of the molecule is CCC(O)COc1c(Cl)cc(Cl)cc1CNCCOC. The van der Waals surface area contributed by atoms with Crippen molar-refractivity contribution in [3.8, 4) is 5.75 Å². The van der Waals surface area contributed by atoms with E-state index in [1.165, 1.54) is 0 Å². The largest absolute Gasteiger partial charge is 0.489 e. The summed E-state index contributed by atoms with van der Waals surface area (Å²) in [4.78, 5) is 0. The molecule has 0 saturated heterocycles. The third kappa shape index (κ3) is 5.85. The van der Waals surface area contributed by atoms with Gasteiger partial charge in [0.1, 0.15) is 12.4 Å². The van der Waals surface area contributed by atoms with Crippen molar-refractivity contribution in [3.63, 3.8) is 0 Å². The van der Waals surface area contributed by atoms with Crippen molar-refractivity contribution in [2.75, 3.05) is 26.9 Å². The molecule has 1 aromatic rings.